The maximum Gasteiger partial charge on any atom is 0.248 e. The number of carbonyl (C=O) groups excluding carboxylic acids is 1. The van der Waals surface area contributed by atoms with Crippen molar-refractivity contribution in [3.8, 4) is 0 Å². The van der Waals surface area contributed by atoms with Gasteiger partial charge in [-0.15, -0.1) is 5.10 Å². The lowest BCUT2D eigenvalue weighted by Crippen LogP contribution is -2.11. The highest BCUT2D eigenvalue weighted by atomic mass is 16.1. The topological polar surface area (TPSA) is 85.8 Å². The number of nitrogens with two attached hydrogens (primary N) is 1. The fourth-order valence-electron chi connectivity index (χ4n) is 1.45. The molecule has 0 unspecified atom stereocenters. The predicted octanol–water partition coefficient (Wildman–Crippen LogP) is 0.526. The van der Waals surface area contributed by atoms with E-state index in [1.807, 2.05) is 19.3 Å². The molecule has 17 heavy (non-hydrogen) atoms. The standard InChI is InChI=1S/C11H13N5O/c1-16-7-10(14-15-16)6-13-9-4-2-3-8(5-9)11(12)17/h2-5,7,13H,6H2,1H3,(H2,12,17). The number of anilines is 1. The van der Waals surface area contributed by atoms with Crippen molar-refractivity contribution in [2.45, 2.75) is 6.54 Å². The van der Waals surface area contributed by atoms with E-state index in [9.17, 15) is 4.79 Å². The average Bonchev–Trinajstić information content (AvgIpc) is 2.73. The summed E-state index contributed by atoms with van der Waals surface area (Å²) in [7, 11) is 1.81. The Morgan fingerprint density at radius 2 is 2.35 bits per heavy atom. The number of primary amides is 1. The van der Waals surface area contributed by atoms with E-state index < -0.39 is 5.91 Å². The number of benzene rings is 1. The third-order valence-corrected chi connectivity index (χ3v) is 2.27. The van der Waals surface area contributed by atoms with Gasteiger partial charge in [-0.2, -0.15) is 0 Å². The molecule has 6 heteroatoms. The highest BCUT2D eigenvalue weighted by Gasteiger charge is 2.02. The molecule has 0 aliphatic carbocycles. The van der Waals surface area contributed by atoms with Crippen LogP contribution in [0.4, 0.5) is 5.69 Å². The number of hydrogen-bond acceptors (Lipinski definition) is 4. The van der Waals surface area contributed by atoms with Crippen molar-refractivity contribution in [1.82, 2.24) is 15.0 Å². The van der Waals surface area contributed by atoms with Crippen LogP contribution < -0.4 is 11.1 Å². The normalized spacial score (nSPS) is 10.2. The van der Waals surface area contributed by atoms with Gasteiger partial charge in [0.15, 0.2) is 0 Å². The van der Waals surface area contributed by atoms with Crippen LogP contribution >= 0.6 is 0 Å². The van der Waals surface area contributed by atoms with Crippen molar-refractivity contribution in [3.05, 3.63) is 41.7 Å². The van der Waals surface area contributed by atoms with Gasteiger partial charge in [0.25, 0.3) is 0 Å². The first-order chi connectivity index (χ1) is 8.15. The summed E-state index contributed by atoms with van der Waals surface area (Å²) in [5.74, 6) is -0.437. The van der Waals surface area contributed by atoms with E-state index in [0.717, 1.165) is 11.4 Å². The third-order valence-electron chi connectivity index (χ3n) is 2.27. The third kappa shape index (κ3) is 2.81. The van der Waals surface area contributed by atoms with Crippen LogP contribution in [0.1, 0.15) is 16.1 Å². The van der Waals surface area contributed by atoms with Crippen LogP contribution in [0.5, 0.6) is 0 Å². The summed E-state index contributed by atoms with van der Waals surface area (Å²) >= 11 is 0. The molecule has 1 aromatic heterocycles. The molecular formula is C11H13N5O. The molecule has 3 N–H and O–H groups in total. The molecular weight excluding hydrogens is 218 g/mol. The Morgan fingerprint density at radius 1 is 1.53 bits per heavy atom. The first kappa shape index (κ1) is 11.1. The second-order valence-corrected chi connectivity index (χ2v) is 3.68. The number of hydrogen-bond donors (Lipinski definition) is 2. The van der Waals surface area contributed by atoms with Gasteiger partial charge in [-0.05, 0) is 18.2 Å². The molecule has 0 bridgehead atoms. The Morgan fingerprint density at radius 3 is 3.00 bits per heavy atom. The van der Waals surface area contributed by atoms with Crippen molar-refractivity contribution in [1.29, 1.82) is 0 Å². The number of aromatic nitrogens is 3. The minimum Gasteiger partial charge on any atom is -0.379 e. The first-order valence-electron chi connectivity index (χ1n) is 5.14. The number of amides is 1. The Bertz CT molecular complexity index is 534. The van der Waals surface area contributed by atoms with Gasteiger partial charge >= 0.3 is 0 Å². The quantitative estimate of drug-likeness (QED) is 0.803. The van der Waals surface area contributed by atoms with Gasteiger partial charge in [0.2, 0.25) is 5.91 Å². The van der Waals surface area contributed by atoms with Gasteiger partial charge < -0.3 is 11.1 Å². The molecule has 6 nitrogen and oxygen atoms in total. The van der Waals surface area contributed by atoms with E-state index in [4.69, 9.17) is 5.73 Å². The molecule has 2 aromatic rings. The lowest BCUT2D eigenvalue weighted by atomic mass is 10.2. The lowest BCUT2D eigenvalue weighted by Gasteiger charge is -2.04. The largest absolute Gasteiger partial charge is 0.379 e. The van der Waals surface area contributed by atoms with Gasteiger partial charge in [0.05, 0.1) is 6.54 Å². The van der Waals surface area contributed by atoms with Gasteiger partial charge in [-0.25, -0.2) is 0 Å². The molecule has 0 radical (unpaired) electrons. The molecule has 0 saturated heterocycles. The fraction of sp³-hybridized carbons (Fsp3) is 0.182. The molecule has 1 heterocycles. The average molecular weight is 231 g/mol. The zero-order chi connectivity index (χ0) is 12.3. The summed E-state index contributed by atoms with van der Waals surface area (Å²) in [6, 6.07) is 7.02. The first-order valence-corrected chi connectivity index (χ1v) is 5.14. The Hall–Kier alpha value is -2.37. The molecule has 1 aromatic carbocycles. The highest BCUT2D eigenvalue weighted by Crippen LogP contribution is 2.11. The molecule has 88 valence electrons. The number of aryl methyl sites for hydroxylation is 1. The minimum atomic E-state index is -0.437. The molecule has 1 amide bonds. The molecule has 0 aliphatic rings. The van der Waals surface area contributed by atoms with Crippen molar-refractivity contribution in [2.75, 3.05) is 5.32 Å². The maximum absolute atomic E-state index is 11.0. The van der Waals surface area contributed by atoms with E-state index in [1.54, 1.807) is 22.9 Å². The summed E-state index contributed by atoms with van der Waals surface area (Å²) < 4.78 is 1.64. The molecule has 2 rings (SSSR count). The van der Waals surface area contributed by atoms with Crippen LogP contribution in [0.2, 0.25) is 0 Å². The van der Waals surface area contributed by atoms with Crippen LogP contribution in [0.15, 0.2) is 30.5 Å². The smallest absolute Gasteiger partial charge is 0.248 e. The fourth-order valence-corrected chi connectivity index (χ4v) is 1.45. The van der Waals surface area contributed by atoms with Crippen LogP contribution in [-0.2, 0) is 13.6 Å². The van der Waals surface area contributed by atoms with Gasteiger partial charge in [-0.3, -0.25) is 9.48 Å². The predicted molar refractivity (Wildman–Crippen MR) is 63.3 cm³/mol. The summed E-state index contributed by atoms with van der Waals surface area (Å²) in [6.07, 6.45) is 1.82. The van der Waals surface area contributed by atoms with E-state index in [-0.39, 0.29) is 0 Å². The Balaban J connectivity index is 2.04. The van der Waals surface area contributed by atoms with Crippen LogP contribution in [0.25, 0.3) is 0 Å². The zero-order valence-corrected chi connectivity index (χ0v) is 9.42. The molecule has 0 saturated carbocycles. The second kappa shape index (κ2) is 4.65. The van der Waals surface area contributed by atoms with E-state index in [0.29, 0.717) is 12.1 Å². The van der Waals surface area contributed by atoms with E-state index >= 15 is 0 Å². The summed E-state index contributed by atoms with van der Waals surface area (Å²) in [5.41, 5.74) is 7.34. The molecule has 0 spiro atoms. The van der Waals surface area contributed by atoms with Gasteiger partial charge in [0.1, 0.15) is 5.69 Å². The monoisotopic (exact) mass is 231 g/mol. The number of carbonyl (C=O) groups is 1. The van der Waals surface area contributed by atoms with Crippen LogP contribution in [-0.4, -0.2) is 20.9 Å². The van der Waals surface area contributed by atoms with Gasteiger partial charge in [-0.1, -0.05) is 11.3 Å². The van der Waals surface area contributed by atoms with Crippen molar-refractivity contribution in [3.63, 3.8) is 0 Å². The minimum absolute atomic E-state index is 0.437. The second-order valence-electron chi connectivity index (χ2n) is 3.68. The molecule has 0 fully saturated rings. The molecule has 0 aliphatic heterocycles. The van der Waals surface area contributed by atoms with E-state index in [2.05, 4.69) is 15.6 Å². The van der Waals surface area contributed by atoms with Crippen molar-refractivity contribution in [2.24, 2.45) is 12.8 Å². The number of nitrogens with one attached hydrogen (secondary N) is 1. The van der Waals surface area contributed by atoms with E-state index in [1.165, 1.54) is 0 Å². The van der Waals surface area contributed by atoms with Crippen LogP contribution in [0, 0.1) is 0 Å². The van der Waals surface area contributed by atoms with Crippen LogP contribution in [0.3, 0.4) is 0 Å². The lowest BCUT2D eigenvalue weighted by molar-refractivity contribution is 0.100. The maximum atomic E-state index is 11.0. The summed E-state index contributed by atoms with van der Waals surface area (Å²) in [5, 5.41) is 10.9. The zero-order valence-electron chi connectivity index (χ0n) is 9.42. The Labute approximate surface area is 98.4 Å². The summed E-state index contributed by atoms with van der Waals surface area (Å²) in [4.78, 5) is 11.0. The number of rotatable bonds is 4. The van der Waals surface area contributed by atoms with Crippen molar-refractivity contribution >= 4 is 11.6 Å². The SMILES string of the molecule is Cn1cc(CNc2cccc(C(N)=O)c2)nn1. The molecule has 0 atom stereocenters. The Kier molecular flexibility index (Phi) is 3.04. The summed E-state index contributed by atoms with van der Waals surface area (Å²) in [6.45, 7) is 0.552. The van der Waals surface area contributed by atoms with Gasteiger partial charge in [0, 0.05) is 24.5 Å². The van der Waals surface area contributed by atoms with Crippen molar-refractivity contribution < 1.29 is 4.79 Å². The number of nitrogens with zero attached hydrogens (tertiary/aromatic N) is 3. The highest BCUT2D eigenvalue weighted by molar-refractivity contribution is 5.93.